The molecule has 12 heteroatoms. The van der Waals surface area contributed by atoms with Gasteiger partial charge in [0.05, 0.1) is 21.2 Å². The van der Waals surface area contributed by atoms with Gasteiger partial charge in [-0.15, -0.1) is 0 Å². The Morgan fingerprint density at radius 2 is 1.31 bits per heavy atom. The van der Waals surface area contributed by atoms with Gasteiger partial charge in [0, 0.05) is 23.8 Å². The van der Waals surface area contributed by atoms with E-state index in [1.165, 1.54) is 57.1 Å². The quantitative estimate of drug-likeness (QED) is 0.300. The van der Waals surface area contributed by atoms with Crippen LogP contribution in [-0.4, -0.2) is 42.4 Å². The van der Waals surface area contributed by atoms with Gasteiger partial charge in [-0.25, -0.2) is 16.8 Å². The van der Waals surface area contributed by atoms with Crippen molar-refractivity contribution in [3.63, 3.8) is 0 Å². The Labute approximate surface area is 249 Å². The second kappa shape index (κ2) is 11.0. The molecular formula is C30H26ClN3O6S2. The topological polar surface area (TPSA) is 113 Å². The van der Waals surface area contributed by atoms with Gasteiger partial charge >= 0.3 is 0 Å². The molecule has 6 rings (SSSR count). The third-order valence-corrected chi connectivity index (χ3v) is 11.2. The molecule has 4 aromatic rings. The maximum atomic E-state index is 13.3. The van der Waals surface area contributed by atoms with Crippen molar-refractivity contribution < 1.29 is 26.4 Å². The predicted molar refractivity (Wildman–Crippen MR) is 161 cm³/mol. The Kier molecular flexibility index (Phi) is 7.34. The fraction of sp³-hybridized carbons (Fsp3) is 0.167. The van der Waals surface area contributed by atoms with Gasteiger partial charge in [0.2, 0.25) is 0 Å². The Morgan fingerprint density at radius 1 is 0.738 bits per heavy atom. The molecule has 0 saturated carbocycles. The number of halogens is 1. The molecule has 0 aromatic heterocycles. The first-order valence-corrected chi connectivity index (χ1v) is 16.4. The summed E-state index contributed by atoms with van der Waals surface area (Å²) in [6.07, 6.45) is 1.21. The third kappa shape index (κ3) is 5.31. The van der Waals surface area contributed by atoms with Gasteiger partial charge in [0.1, 0.15) is 5.75 Å². The molecule has 1 amide bonds. The fourth-order valence-electron chi connectivity index (χ4n) is 5.15. The maximum Gasteiger partial charge on any atom is 0.264 e. The molecule has 0 atom stereocenters. The van der Waals surface area contributed by atoms with Gasteiger partial charge in [-0.1, -0.05) is 35.9 Å². The minimum atomic E-state index is -3.80. The molecule has 42 heavy (non-hydrogen) atoms. The molecule has 0 spiro atoms. The number of fused-ring (bicyclic) bond motifs is 2. The lowest BCUT2D eigenvalue weighted by Crippen LogP contribution is -2.29. The van der Waals surface area contributed by atoms with Crippen LogP contribution in [0.4, 0.5) is 17.1 Å². The highest BCUT2D eigenvalue weighted by Crippen LogP contribution is 2.36. The molecule has 0 aliphatic carbocycles. The van der Waals surface area contributed by atoms with Gasteiger partial charge in [-0.3, -0.25) is 13.4 Å². The first-order chi connectivity index (χ1) is 20.1. The number of nitrogens with one attached hydrogen (secondary N) is 1. The van der Waals surface area contributed by atoms with Crippen molar-refractivity contribution in [3.8, 4) is 5.75 Å². The minimum absolute atomic E-state index is 0.131. The maximum absolute atomic E-state index is 13.3. The SMILES string of the molecule is O=C(COc1ccc(S(=O)(=O)N2CCc3ccccc32)cc1)Nc1ccc2c(c1)N(S(=O)(=O)c1ccc(Cl)cc1)CC2. The Morgan fingerprint density at radius 3 is 1.98 bits per heavy atom. The zero-order chi connectivity index (χ0) is 29.5. The molecule has 1 N–H and O–H groups in total. The number of carbonyl (C=O) groups is 1. The van der Waals surface area contributed by atoms with Gasteiger partial charge in [0.15, 0.2) is 6.61 Å². The average Bonchev–Trinajstić information content (AvgIpc) is 3.62. The van der Waals surface area contributed by atoms with Crippen LogP contribution in [0.1, 0.15) is 11.1 Å². The van der Waals surface area contributed by atoms with Crippen LogP contribution in [0, 0.1) is 0 Å². The van der Waals surface area contributed by atoms with Crippen LogP contribution in [0.3, 0.4) is 0 Å². The van der Waals surface area contributed by atoms with E-state index < -0.39 is 26.0 Å². The second-order valence-electron chi connectivity index (χ2n) is 9.89. The van der Waals surface area contributed by atoms with Crippen LogP contribution in [0.5, 0.6) is 5.75 Å². The Hall–Kier alpha value is -4.06. The molecule has 2 aliphatic rings. The summed E-state index contributed by atoms with van der Waals surface area (Å²) in [5, 5.41) is 3.18. The minimum Gasteiger partial charge on any atom is -0.484 e. The highest BCUT2D eigenvalue weighted by Gasteiger charge is 2.32. The summed E-state index contributed by atoms with van der Waals surface area (Å²) in [7, 11) is -7.54. The van der Waals surface area contributed by atoms with Crippen molar-refractivity contribution in [2.24, 2.45) is 0 Å². The standard InChI is InChI=1S/C30H26ClN3O6S2/c31-23-6-11-26(12-7-23)42(38,39)34-18-16-22-5-8-24(19-29(22)34)32-30(35)20-40-25-9-13-27(14-10-25)41(36,37)33-17-15-21-3-1-2-4-28(21)33/h1-14,19H,15-18,20H2,(H,32,35). The van der Waals surface area contributed by atoms with Crippen LogP contribution in [0.15, 0.2) is 101 Å². The lowest BCUT2D eigenvalue weighted by Gasteiger charge is -2.20. The van der Waals surface area contributed by atoms with E-state index in [1.54, 1.807) is 24.3 Å². The number of nitrogens with zero attached hydrogens (tertiary/aromatic N) is 2. The van der Waals surface area contributed by atoms with Crippen molar-refractivity contribution in [2.75, 3.05) is 33.6 Å². The Balaban J connectivity index is 1.09. The molecule has 2 heterocycles. The van der Waals surface area contributed by atoms with E-state index >= 15 is 0 Å². The molecular weight excluding hydrogens is 598 g/mol. The summed E-state index contributed by atoms with van der Waals surface area (Å²) in [6.45, 7) is 0.347. The largest absolute Gasteiger partial charge is 0.484 e. The van der Waals surface area contributed by atoms with E-state index in [4.69, 9.17) is 16.3 Å². The number of hydrogen-bond acceptors (Lipinski definition) is 6. The number of anilines is 3. The van der Waals surface area contributed by atoms with Crippen molar-refractivity contribution >= 4 is 54.6 Å². The Bertz CT molecular complexity index is 1880. The van der Waals surface area contributed by atoms with Crippen LogP contribution in [0.2, 0.25) is 5.02 Å². The average molecular weight is 624 g/mol. The highest BCUT2D eigenvalue weighted by atomic mass is 35.5. The zero-order valence-electron chi connectivity index (χ0n) is 22.2. The number of hydrogen-bond donors (Lipinski definition) is 1. The molecule has 9 nitrogen and oxygen atoms in total. The van der Waals surface area contributed by atoms with E-state index in [-0.39, 0.29) is 22.9 Å². The number of rotatable bonds is 8. The van der Waals surface area contributed by atoms with Gasteiger partial charge in [0.25, 0.3) is 26.0 Å². The van der Waals surface area contributed by atoms with Crippen LogP contribution in [0.25, 0.3) is 0 Å². The number of benzene rings is 4. The summed E-state index contributed by atoms with van der Waals surface area (Å²) in [4.78, 5) is 12.9. The molecule has 0 radical (unpaired) electrons. The number of ether oxygens (including phenoxy) is 1. The zero-order valence-corrected chi connectivity index (χ0v) is 24.6. The molecule has 0 bridgehead atoms. The van der Waals surface area contributed by atoms with Crippen LogP contribution in [-0.2, 0) is 37.7 Å². The molecule has 0 unspecified atom stereocenters. The fourth-order valence-corrected chi connectivity index (χ4v) is 8.27. The first-order valence-electron chi connectivity index (χ1n) is 13.2. The predicted octanol–water partition coefficient (Wildman–Crippen LogP) is 4.86. The van der Waals surface area contributed by atoms with Crippen molar-refractivity contribution in [2.45, 2.75) is 22.6 Å². The highest BCUT2D eigenvalue weighted by molar-refractivity contribution is 7.93. The van der Waals surface area contributed by atoms with Crippen LogP contribution < -0.4 is 18.7 Å². The summed E-state index contributed by atoms with van der Waals surface area (Å²) in [5.74, 6) is -0.120. The van der Waals surface area contributed by atoms with E-state index in [9.17, 15) is 21.6 Å². The lowest BCUT2D eigenvalue weighted by molar-refractivity contribution is -0.118. The molecule has 4 aromatic carbocycles. The van der Waals surface area contributed by atoms with E-state index in [1.807, 2.05) is 18.2 Å². The molecule has 216 valence electrons. The summed E-state index contributed by atoms with van der Waals surface area (Å²) in [6, 6.07) is 24.5. The summed E-state index contributed by atoms with van der Waals surface area (Å²) < 4.78 is 61.2. The first kappa shape index (κ1) is 28.1. The number of carbonyl (C=O) groups excluding carboxylic acids is 1. The van der Waals surface area contributed by atoms with Gasteiger partial charge in [-0.2, -0.15) is 0 Å². The number of para-hydroxylation sites is 1. The van der Waals surface area contributed by atoms with Crippen molar-refractivity contribution in [1.29, 1.82) is 0 Å². The smallest absolute Gasteiger partial charge is 0.264 e. The lowest BCUT2D eigenvalue weighted by atomic mass is 10.1. The monoisotopic (exact) mass is 623 g/mol. The van der Waals surface area contributed by atoms with E-state index in [0.717, 1.165) is 11.1 Å². The number of amides is 1. The van der Waals surface area contributed by atoms with Crippen molar-refractivity contribution in [3.05, 3.63) is 107 Å². The molecule has 2 aliphatic heterocycles. The number of sulfonamides is 2. The molecule has 0 fully saturated rings. The van der Waals surface area contributed by atoms with Gasteiger partial charge in [-0.05, 0) is 90.7 Å². The summed E-state index contributed by atoms with van der Waals surface area (Å²) >= 11 is 5.92. The van der Waals surface area contributed by atoms with E-state index in [0.29, 0.717) is 47.2 Å². The second-order valence-corrected chi connectivity index (χ2v) is 14.0. The third-order valence-electron chi connectivity index (χ3n) is 7.25. The van der Waals surface area contributed by atoms with Gasteiger partial charge < -0.3 is 10.1 Å². The normalized spacial score (nSPS) is 14.4. The molecule has 0 saturated heterocycles. The van der Waals surface area contributed by atoms with E-state index in [2.05, 4.69) is 5.32 Å². The van der Waals surface area contributed by atoms with Crippen LogP contribution >= 0.6 is 11.6 Å². The van der Waals surface area contributed by atoms with Crippen molar-refractivity contribution in [1.82, 2.24) is 0 Å². The summed E-state index contributed by atoms with van der Waals surface area (Å²) in [5.41, 5.74) is 3.46.